The summed E-state index contributed by atoms with van der Waals surface area (Å²) in [5.41, 5.74) is 5.21. The molecular formula is C40H30N4O2. The molecule has 222 valence electrons. The van der Waals surface area contributed by atoms with Crippen molar-refractivity contribution in [2.45, 2.75) is 38.5 Å². The molecule has 6 nitrogen and oxygen atoms in total. The highest BCUT2D eigenvalue weighted by atomic mass is 16.5. The van der Waals surface area contributed by atoms with E-state index in [0.717, 1.165) is 11.1 Å². The molecule has 0 N–H and O–H groups in total. The van der Waals surface area contributed by atoms with Gasteiger partial charge in [0.15, 0.2) is 11.4 Å². The number of ether oxygens (including phenoxy) is 2. The molecule has 0 aliphatic rings. The van der Waals surface area contributed by atoms with Crippen molar-refractivity contribution in [3.63, 3.8) is 0 Å². The summed E-state index contributed by atoms with van der Waals surface area (Å²) in [6, 6.07) is 38.4. The third-order valence-electron chi connectivity index (χ3n) is 8.35. The first-order valence-corrected chi connectivity index (χ1v) is 14.6. The lowest BCUT2D eigenvalue weighted by molar-refractivity contribution is 0.481. The molecule has 0 aromatic heterocycles. The van der Waals surface area contributed by atoms with Crippen molar-refractivity contribution < 1.29 is 9.47 Å². The van der Waals surface area contributed by atoms with E-state index < -0.39 is 0 Å². The molecule has 0 bridgehead atoms. The Kier molecular flexibility index (Phi) is 8.60. The van der Waals surface area contributed by atoms with Crippen LogP contribution in [-0.2, 0) is 10.8 Å². The van der Waals surface area contributed by atoms with Crippen LogP contribution in [0, 0.1) is 35.8 Å². The minimum absolute atomic E-state index is 0.274. The fourth-order valence-electron chi connectivity index (χ4n) is 5.31. The Hall–Kier alpha value is -6.34. The predicted octanol–water partition coefficient (Wildman–Crippen LogP) is 10.8. The maximum Gasteiger partial charge on any atom is 0.198 e. The van der Waals surface area contributed by atoms with E-state index in [2.05, 4.69) is 85.9 Å². The molecule has 5 aromatic carbocycles. The predicted molar refractivity (Wildman–Crippen MR) is 179 cm³/mol. The molecule has 0 aliphatic heterocycles. The van der Waals surface area contributed by atoms with Gasteiger partial charge in [0, 0.05) is 10.8 Å². The Morgan fingerprint density at radius 1 is 0.500 bits per heavy atom. The summed E-state index contributed by atoms with van der Waals surface area (Å²) in [4.78, 5) is 6.81. The second kappa shape index (κ2) is 12.7. The first kappa shape index (κ1) is 31.1. The van der Waals surface area contributed by atoms with Gasteiger partial charge in [-0.05, 0) is 76.9 Å². The van der Waals surface area contributed by atoms with Gasteiger partial charge in [0.1, 0.15) is 35.1 Å². The first-order valence-electron chi connectivity index (χ1n) is 14.6. The Labute approximate surface area is 270 Å². The SMILES string of the molecule is [C-]#[N+]c1ccc(Oc2ccc(C(C)(C)c3cccc(C(C)(C)c4ccc(Oc5ccc(C#N)c(C#N)c5)cc4)c3)cc2)cc1[N+]#[C-]. The summed E-state index contributed by atoms with van der Waals surface area (Å²) in [5.74, 6) is 2.31. The van der Waals surface area contributed by atoms with Gasteiger partial charge in [-0.2, -0.15) is 10.5 Å². The summed E-state index contributed by atoms with van der Waals surface area (Å²) < 4.78 is 12.0. The van der Waals surface area contributed by atoms with Crippen LogP contribution in [0.5, 0.6) is 23.0 Å². The third-order valence-corrected chi connectivity index (χ3v) is 8.35. The second-order valence-corrected chi connectivity index (χ2v) is 11.9. The van der Waals surface area contributed by atoms with Crippen LogP contribution in [0.2, 0.25) is 0 Å². The quantitative estimate of drug-likeness (QED) is 0.167. The fraction of sp³-hybridized carbons (Fsp3) is 0.150. The van der Waals surface area contributed by atoms with E-state index >= 15 is 0 Å². The van der Waals surface area contributed by atoms with Gasteiger partial charge in [-0.3, -0.25) is 4.85 Å². The Morgan fingerprint density at radius 2 is 0.957 bits per heavy atom. The molecule has 0 unspecified atom stereocenters. The van der Waals surface area contributed by atoms with Crippen molar-refractivity contribution in [1.29, 1.82) is 10.5 Å². The van der Waals surface area contributed by atoms with E-state index in [9.17, 15) is 10.5 Å². The molecule has 0 amide bonds. The van der Waals surface area contributed by atoms with Crippen LogP contribution in [0.25, 0.3) is 9.69 Å². The largest absolute Gasteiger partial charge is 0.459 e. The molecule has 0 atom stereocenters. The molecule has 0 spiro atoms. The van der Waals surface area contributed by atoms with E-state index in [-0.39, 0.29) is 22.1 Å². The van der Waals surface area contributed by atoms with Crippen molar-refractivity contribution in [2.24, 2.45) is 0 Å². The second-order valence-electron chi connectivity index (χ2n) is 11.9. The smallest absolute Gasteiger partial charge is 0.198 e. The van der Waals surface area contributed by atoms with E-state index in [4.69, 9.17) is 22.6 Å². The fourth-order valence-corrected chi connectivity index (χ4v) is 5.31. The van der Waals surface area contributed by atoms with Gasteiger partial charge in [-0.25, -0.2) is 4.85 Å². The molecule has 0 fully saturated rings. The molecule has 5 aromatic rings. The number of nitrogens with zero attached hydrogens (tertiary/aromatic N) is 4. The summed E-state index contributed by atoms with van der Waals surface area (Å²) >= 11 is 0. The molecule has 0 saturated carbocycles. The molecule has 0 heterocycles. The van der Waals surface area contributed by atoms with Crippen molar-refractivity contribution >= 4 is 11.4 Å². The number of hydrogen-bond acceptors (Lipinski definition) is 4. The van der Waals surface area contributed by atoms with Crippen molar-refractivity contribution in [2.75, 3.05) is 0 Å². The van der Waals surface area contributed by atoms with Crippen LogP contribution >= 0.6 is 0 Å². The van der Waals surface area contributed by atoms with Crippen LogP contribution in [0.1, 0.15) is 61.1 Å². The maximum absolute atomic E-state index is 9.32. The zero-order chi connectivity index (χ0) is 32.9. The Morgan fingerprint density at radius 3 is 1.43 bits per heavy atom. The van der Waals surface area contributed by atoms with Crippen LogP contribution in [-0.4, -0.2) is 0 Å². The summed E-state index contributed by atoms with van der Waals surface area (Å²) in [5, 5.41) is 18.5. The summed E-state index contributed by atoms with van der Waals surface area (Å²) in [7, 11) is 0. The maximum atomic E-state index is 9.32. The third kappa shape index (κ3) is 6.30. The van der Waals surface area contributed by atoms with Gasteiger partial charge in [0.2, 0.25) is 0 Å². The van der Waals surface area contributed by atoms with Crippen molar-refractivity contribution in [3.05, 3.63) is 165 Å². The van der Waals surface area contributed by atoms with Crippen LogP contribution in [0.15, 0.2) is 109 Å². The Bertz CT molecular complexity index is 1930. The topological polar surface area (TPSA) is 74.8 Å². The average Bonchev–Trinajstić information content (AvgIpc) is 3.08. The number of hydrogen-bond donors (Lipinski definition) is 0. The molecule has 0 radical (unpaired) electrons. The Balaban J connectivity index is 1.33. The van der Waals surface area contributed by atoms with Crippen LogP contribution in [0.4, 0.5) is 11.4 Å². The lowest BCUT2D eigenvalue weighted by Gasteiger charge is -2.31. The molecule has 0 aliphatic carbocycles. The number of rotatable bonds is 8. The highest BCUT2D eigenvalue weighted by Gasteiger charge is 2.28. The lowest BCUT2D eigenvalue weighted by atomic mass is 9.73. The van der Waals surface area contributed by atoms with Crippen molar-refractivity contribution in [1.82, 2.24) is 0 Å². The average molecular weight is 599 g/mol. The highest BCUT2D eigenvalue weighted by molar-refractivity contribution is 5.72. The van der Waals surface area contributed by atoms with Gasteiger partial charge >= 0.3 is 0 Å². The summed E-state index contributed by atoms with van der Waals surface area (Å²) in [6.45, 7) is 23.3. The van der Waals surface area contributed by atoms with Gasteiger partial charge in [0.25, 0.3) is 0 Å². The minimum atomic E-state index is -0.294. The number of nitriles is 2. The number of benzene rings is 5. The molecule has 5 rings (SSSR count). The van der Waals surface area contributed by atoms with Gasteiger partial charge in [0.05, 0.1) is 24.3 Å². The molecular weight excluding hydrogens is 568 g/mol. The van der Waals surface area contributed by atoms with Gasteiger partial charge in [-0.15, -0.1) is 0 Å². The van der Waals surface area contributed by atoms with Crippen LogP contribution < -0.4 is 9.47 Å². The van der Waals surface area contributed by atoms with Crippen LogP contribution in [0.3, 0.4) is 0 Å². The monoisotopic (exact) mass is 598 g/mol. The first-order chi connectivity index (χ1) is 22.1. The zero-order valence-corrected chi connectivity index (χ0v) is 26.0. The summed E-state index contributed by atoms with van der Waals surface area (Å²) in [6.07, 6.45) is 0. The highest BCUT2D eigenvalue weighted by Crippen LogP contribution is 2.39. The minimum Gasteiger partial charge on any atom is -0.459 e. The van der Waals surface area contributed by atoms with Gasteiger partial charge in [-0.1, -0.05) is 82.3 Å². The van der Waals surface area contributed by atoms with Gasteiger partial charge < -0.3 is 9.47 Å². The molecule has 0 saturated heterocycles. The normalized spacial score (nSPS) is 11.0. The zero-order valence-electron chi connectivity index (χ0n) is 26.0. The van der Waals surface area contributed by atoms with E-state index in [0.29, 0.717) is 34.2 Å². The van der Waals surface area contributed by atoms with E-state index in [1.54, 1.807) is 36.4 Å². The lowest BCUT2D eigenvalue weighted by Crippen LogP contribution is -2.22. The van der Waals surface area contributed by atoms with E-state index in [1.165, 1.54) is 11.1 Å². The molecule has 46 heavy (non-hydrogen) atoms. The molecule has 6 heteroatoms. The van der Waals surface area contributed by atoms with E-state index in [1.807, 2.05) is 36.4 Å². The standard InChI is InChI=1S/C40H30N4O2/c1-39(2,29-11-16-33(17-12-29)45-35-15-10-27(25-41)28(22-35)26-42)31-8-7-9-32(23-31)40(3,4)30-13-18-34(19-14-30)46-36-20-21-37(43-5)38(24-36)44-6/h7-24H,1-4H3. The van der Waals surface area contributed by atoms with Crippen molar-refractivity contribution in [3.8, 4) is 35.1 Å².